The van der Waals surface area contributed by atoms with E-state index in [0.29, 0.717) is 6.04 Å². The molecule has 1 aromatic rings. The molecular formula is C16H27N3. The van der Waals surface area contributed by atoms with Crippen LogP contribution in [0.2, 0.25) is 0 Å². The SMILES string of the molecule is CCC1CNC(C)(CC)CN1CCc1ccncc1. The number of rotatable bonds is 5. The van der Waals surface area contributed by atoms with Crippen LogP contribution < -0.4 is 5.32 Å². The van der Waals surface area contributed by atoms with Crippen molar-refractivity contribution in [3.8, 4) is 0 Å². The lowest BCUT2D eigenvalue weighted by atomic mass is 9.92. The third kappa shape index (κ3) is 3.77. The minimum absolute atomic E-state index is 0.282. The Morgan fingerprint density at radius 3 is 2.74 bits per heavy atom. The van der Waals surface area contributed by atoms with Crippen molar-refractivity contribution >= 4 is 0 Å². The monoisotopic (exact) mass is 261 g/mol. The predicted molar refractivity (Wildman–Crippen MR) is 80.3 cm³/mol. The third-order valence-electron chi connectivity index (χ3n) is 4.52. The number of hydrogen-bond acceptors (Lipinski definition) is 3. The molecule has 0 aromatic carbocycles. The summed E-state index contributed by atoms with van der Waals surface area (Å²) in [6.07, 6.45) is 7.32. The van der Waals surface area contributed by atoms with E-state index in [0.717, 1.165) is 26.1 Å². The smallest absolute Gasteiger partial charge is 0.0278 e. The molecule has 1 N–H and O–H groups in total. The van der Waals surface area contributed by atoms with E-state index < -0.39 is 0 Å². The number of pyridine rings is 1. The van der Waals surface area contributed by atoms with Gasteiger partial charge in [0.1, 0.15) is 0 Å². The van der Waals surface area contributed by atoms with Crippen LogP contribution in [0, 0.1) is 0 Å². The van der Waals surface area contributed by atoms with Crippen LogP contribution in [0.4, 0.5) is 0 Å². The lowest BCUT2D eigenvalue weighted by Gasteiger charge is -2.46. The van der Waals surface area contributed by atoms with Gasteiger partial charge in [-0.3, -0.25) is 9.88 Å². The van der Waals surface area contributed by atoms with Gasteiger partial charge in [0, 0.05) is 43.6 Å². The first-order valence-corrected chi connectivity index (χ1v) is 7.55. The molecule has 2 unspecified atom stereocenters. The first kappa shape index (κ1) is 14.5. The Kier molecular flexibility index (Phi) is 4.94. The van der Waals surface area contributed by atoms with E-state index in [1.54, 1.807) is 0 Å². The first-order chi connectivity index (χ1) is 9.17. The van der Waals surface area contributed by atoms with Gasteiger partial charge in [0.05, 0.1) is 0 Å². The molecule has 1 saturated heterocycles. The van der Waals surface area contributed by atoms with Crippen molar-refractivity contribution < 1.29 is 0 Å². The summed E-state index contributed by atoms with van der Waals surface area (Å²) in [5.74, 6) is 0. The maximum Gasteiger partial charge on any atom is 0.0278 e. The van der Waals surface area contributed by atoms with Gasteiger partial charge in [0.2, 0.25) is 0 Å². The highest BCUT2D eigenvalue weighted by atomic mass is 15.2. The summed E-state index contributed by atoms with van der Waals surface area (Å²) < 4.78 is 0. The highest BCUT2D eigenvalue weighted by Crippen LogP contribution is 2.20. The zero-order valence-corrected chi connectivity index (χ0v) is 12.5. The zero-order valence-electron chi connectivity index (χ0n) is 12.5. The topological polar surface area (TPSA) is 28.2 Å². The molecule has 0 bridgehead atoms. The number of hydrogen-bond donors (Lipinski definition) is 1. The molecule has 0 spiro atoms. The Morgan fingerprint density at radius 1 is 1.37 bits per heavy atom. The molecular weight excluding hydrogens is 234 g/mol. The number of aromatic nitrogens is 1. The molecule has 2 rings (SSSR count). The average Bonchev–Trinajstić information content (AvgIpc) is 2.46. The normalized spacial score (nSPS) is 28.5. The molecule has 0 aliphatic carbocycles. The van der Waals surface area contributed by atoms with Crippen LogP contribution >= 0.6 is 0 Å². The van der Waals surface area contributed by atoms with Gasteiger partial charge >= 0.3 is 0 Å². The van der Waals surface area contributed by atoms with Crippen molar-refractivity contribution in [2.75, 3.05) is 19.6 Å². The minimum Gasteiger partial charge on any atom is -0.309 e. The molecule has 2 atom stereocenters. The van der Waals surface area contributed by atoms with Crippen LogP contribution in [0.15, 0.2) is 24.5 Å². The first-order valence-electron chi connectivity index (χ1n) is 7.55. The molecule has 1 aromatic heterocycles. The fourth-order valence-electron chi connectivity index (χ4n) is 2.85. The number of nitrogens with one attached hydrogen (secondary N) is 1. The van der Waals surface area contributed by atoms with Crippen LogP contribution in [-0.4, -0.2) is 41.1 Å². The molecule has 2 heterocycles. The summed E-state index contributed by atoms with van der Waals surface area (Å²) in [4.78, 5) is 6.75. The quantitative estimate of drug-likeness (QED) is 0.882. The van der Waals surface area contributed by atoms with Crippen molar-refractivity contribution in [1.29, 1.82) is 0 Å². The van der Waals surface area contributed by atoms with Crippen LogP contribution in [0.5, 0.6) is 0 Å². The van der Waals surface area contributed by atoms with E-state index in [1.807, 2.05) is 12.4 Å². The van der Waals surface area contributed by atoms with Crippen molar-refractivity contribution in [2.24, 2.45) is 0 Å². The van der Waals surface area contributed by atoms with Gasteiger partial charge in [0.25, 0.3) is 0 Å². The number of piperazine rings is 1. The van der Waals surface area contributed by atoms with Crippen molar-refractivity contribution in [1.82, 2.24) is 15.2 Å². The van der Waals surface area contributed by atoms with Gasteiger partial charge in [-0.15, -0.1) is 0 Å². The largest absolute Gasteiger partial charge is 0.309 e. The average molecular weight is 261 g/mol. The Hall–Kier alpha value is -0.930. The summed E-state index contributed by atoms with van der Waals surface area (Å²) in [5.41, 5.74) is 1.67. The van der Waals surface area contributed by atoms with Crippen LogP contribution in [-0.2, 0) is 6.42 Å². The lowest BCUT2D eigenvalue weighted by molar-refractivity contribution is 0.0832. The molecule has 3 heteroatoms. The third-order valence-corrected chi connectivity index (χ3v) is 4.52. The summed E-state index contributed by atoms with van der Waals surface area (Å²) in [5, 5.41) is 3.72. The van der Waals surface area contributed by atoms with E-state index >= 15 is 0 Å². The van der Waals surface area contributed by atoms with E-state index in [9.17, 15) is 0 Å². The molecule has 1 aliphatic heterocycles. The van der Waals surface area contributed by atoms with Gasteiger partial charge in [0.15, 0.2) is 0 Å². The van der Waals surface area contributed by atoms with Crippen LogP contribution in [0.3, 0.4) is 0 Å². The summed E-state index contributed by atoms with van der Waals surface area (Å²) >= 11 is 0. The maximum absolute atomic E-state index is 4.08. The standard InChI is InChI=1S/C16H27N3/c1-4-15-12-18-16(3,5-2)13-19(15)11-8-14-6-9-17-10-7-14/h6-7,9-10,15,18H,4-5,8,11-13H2,1-3H3. The maximum atomic E-state index is 4.08. The van der Waals surface area contributed by atoms with E-state index in [1.165, 1.54) is 18.4 Å². The minimum atomic E-state index is 0.282. The molecule has 106 valence electrons. The number of nitrogens with zero attached hydrogens (tertiary/aromatic N) is 2. The molecule has 0 amide bonds. The molecule has 0 saturated carbocycles. The molecule has 3 nitrogen and oxygen atoms in total. The second-order valence-electron chi connectivity index (χ2n) is 5.93. The highest BCUT2D eigenvalue weighted by molar-refractivity contribution is 5.10. The van der Waals surface area contributed by atoms with Gasteiger partial charge in [-0.05, 0) is 43.9 Å². The molecule has 19 heavy (non-hydrogen) atoms. The second-order valence-corrected chi connectivity index (χ2v) is 5.93. The second kappa shape index (κ2) is 6.49. The van der Waals surface area contributed by atoms with Gasteiger partial charge in [-0.1, -0.05) is 13.8 Å². The van der Waals surface area contributed by atoms with Gasteiger partial charge in [-0.25, -0.2) is 0 Å². The van der Waals surface area contributed by atoms with E-state index in [2.05, 4.69) is 48.1 Å². The van der Waals surface area contributed by atoms with Gasteiger partial charge in [-0.2, -0.15) is 0 Å². The Bertz CT molecular complexity index is 379. The fraction of sp³-hybridized carbons (Fsp3) is 0.688. The summed E-state index contributed by atoms with van der Waals surface area (Å²) in [7, 11) is 0. The summed E-state index contributed by atoms with van der Waals surface area (Å²) in [6, 6.07) is 4.94. The van der Waals surface area contributed by atoms with Crippen molar-refractivity contribution in [3.05, 3.63) is 30.1 Å². The Labute approximate surface area is 117 Å². The van der Waals surface area contributed by atoms with Crippen molar-refractivity contribution in [2.45, 2.75) is 51.6 Å². The zero-order chi connectivity index (χ0) is 13.7. The highest BCUT2D eigenvalue weighted by Gasteiger charge is 2.33. The van der Waals surface area contributed by atoms with Crippen LogP contribution in [0.25, 0.3) is 0 Å². The summed E-state index contributed by atoms with van der Waals surface area (Å²) in [6.45, 7) is 10.4. The van der Waals surface area contributed by atoms with Crippen LogP contribution in [0.1, 0.15) is 39.2 Å². The Morgan fingerprint density at radius 2 is 2.11 bits per heavy atom. The van der Waals surface area contributed by atoms with Crippen molar-refractivity contribution in [3.63, 3.8) is 0 Å². The Balaban J connectivity index is 1.95. The fourth-order valence-corrected chi connectivity index (χ4v) is 2.85. The lowest BCUT2D eigenvalue weighted by Crippen LogP contribution is -2.62. The van der Waals surface area contributed by atoms with E-state index in [-0.39, 0.29) is 5.54 Å². The predicted octanol–water partition coefficient (Wildman–Crippen LogP) is 2.48. The van der Waals surface area contributed by atoms with E-state index in [4.69, 9.17) is 0 Å². The molecule has 1 fully saturated rings. The molecule has 0 radical (unpaired) electrons. The molecule has 1 aliphatic rings. The van der Waals surface area contributed by atoms with Gasteiger partial charge < -0.3 is 5.32 Å².